The molecule has 0 aliphatic heterocycles. The normalized spacial score (nSPS) is 16.0. The second-order valence-electron chi connectivity index (χ2n) is 8.83. The van der Waals surface area contributed by atoms with Crippen LogP contribution in [0.2, 0.25) is 18.1 Å². The Hall–Kier alpha value is -0.563. The van der Waals surface area contributed by atoms with Crippen LogP contribution in [0.3, 0.4) is 0 Å². The molecule has 0 amide bonds. The first-order chi connectivity index (χ1) is 10.7. The molecule has 0 aliphatic rings. The molecule has 0 aliphatic carbocycles. The highest BCUT2D eigenvalue weighted by atomic mass is 32.2. The lowest BCUT2D eigenvalue weighted by Gasteiger charge is -2.37. The molecule has 1 aromatic heterocycles. The highest BCUT2D eigenvalue weighted by Crippen LogP contribution is 2.37. The molecule has 0 saturated carbocycles. The zero-order valence-corrected chi connectivity index (χ0v) is 18.5. The fourth-order valence-electron chi connectivity index (χ4n) is 1.75. The summed E-state index contributed by atoms with van der Waals surface area (Å²) < 4.78 is 21.8. The van der Waals surface area contributed by atoms with Crippen molar-refractivity contribution in [1.29, 1.82) is 0 Å². The first-order valence-electron chi connectivity index (χ1n) is 8.49. The number of nitrogens with one attached hydrogen (secondary N) is 1. The quantitative estimate of drug-likeness (QED) is 0.750. The number of hydrogen-bond acceptors (Lipinski definition) is 3. The van der Waals surface area contributed by atoms with Gasteiger partial charge in [-0.05, 0) is 58.0 Å². The molecule has 0 spiro atoms. The standard InChI is InChI=1S/C18H34N2O2SSi/c1-14-11-10-12-15(19-14)16(20-23(21)17(2,3)4)13-22-24(8,9)18(5,6)7/h10-12,16,20H,13H2,1-9H3/t16-,23+/m1/s1. The predicted molar refractivity (Wildman–Crippen MR) is 106 cm³/mol. The van der Waals surface area contributed by atoms with Gasteiger partial charge in [-0.1, -0.05) is 26.8 Å². The van der Waals surface area contributed by atoms with Gasteiger partial charge in [-0.25, -0.2) is 8.93 Å². The highest BCUT2D eigenvalue weighted by Gasteiger charge is 2.38. The molecule has 0 aromatic carbocycles. The molecule has 138 valence electrons. The van der Waals surface area contributed by atoms with E-state index in [2.05, 4.69) is 43.6 Å². The molecule has 1 heterocycles. The topological polar surface area (TPSA) is 51.2 Å². The summed E-state index contributed by atoms with van der Waals surface area (Å²) >= 11 is 0. The van der Waals surface area contributed by atoms with E-state index in [0.717, 1.165) is 11.4 Å². The first kappa shape index (κ1) is 21.5. The largest absolute Gasteiger partial charge is 0.415 e. The number of hydrogen-bond donors (Lipinski definition) is 1. The van der Waals surface area contributed by atoms with Gasteiger partial charge >= 0.3 is 0 Å². The molecule has 0 radical (unpaired) electrons. The Morgan fingerprint density at radius 3 is 2.25 bits per heavy atom. The Kier molecular flexibility index (Phi) is 6.95. The molecule has 24 heavy (non-hydrogen) atoms. The summed E-state index contributed by atoms with van der Waals surface area (Å²) in [4.78, 5) is 4.61. The number of aromatic nitrogens is 1. The smallest absolute Gasteiger partial charge is 0.192 e. The Balaban J connectivity index is 3.00. The molecule has 1 rings (SSSR count). The van der Waals surface area contributed by atoms with Crippen LogP contribution in [-0.2, 0) is 15.4 Å². The van der Waals surface area contributed by atoms with E-state index in [1.54, 1.807) is 0 Å². The van der Waals surface area contributed by atoms with Crippen molar-refractivity contribution >= 4 is 19.3 Å². The zero-order valence-electron chi connectivity index (χ0n) is 16.7. The Morgan fingerprint density at radius 2 is 1.79 bits per heavy atom. The Labute approximate surface area is 151 Å². The van der Waals surface area contributed by atoms with Gasteiger partial charge in [-0.2, -0.15) is 0 Å². The molecular weight excluding hydrogens is 336 g/mol. The van der Waals surface area contributed by atoms with E-state index in [1.165, 1.54) is 0 Å². The molecule has 0 unspecified atom stereocenters. The van der Waals surface area contributed by atoms with Crippen LogP contribution in [0.25, 0.3) is 0 Å². The third-order valence-corrected chi connectivity index (χ3v) is 10.6. The van der Waals surface area contributed by atoms with Crippen LogP contribution in [0.5, 0.6) is 0 Å². The minimum Gasteiger partial charge on any atom is -0.415 e. The van der Waals surface area contributed by atoms with E-state index < -0.39 is 19.3 Å². The van der Waals surface area contributed by atoms with Crippen LogP contribution in [0.4, 0.5) is 0 Å². The molecule has 1 N–H and O–H groups in total. The predicted octanol–water partition coefficient (Wildman–Crippen LogP) is 4.50. The van der Waals surface area contributed by atoms with Crippen molar-refractivity contribution in [3.8, 4) is 0 Å². The molecule has 0 bridgehead atoms. The van der Waals surface area contributed by atoms with E-state index >= 15 is 0 Å². The number of pyridine rings is 1. The van der Waals surface area contributed by atoms with Gasteiger partial charge in [-0.3, -0.25) is 4.98 Å². The number of rotatable bonds is 6. The molecule has 0 saturated heterocycles. The van der Waals surface area contributed by atoms with Gasteiger partial charge in [-0.15, -0.1) is 0 Å². The summed E-state index contributed by atoms with van der Waals surface area (Å²) in [6.07, 6.45) is 0. The monoisotopic (exact) mass is 370 g/mol. The van der Waals surface area contributed by atoms with Gasteiger partial charge in [0.1, 0.15) is 0 Å². The van der Waals surface area contributed by atoms with Crippen LogP contribution in [0, 0.1) is 6.92 Å². The summed E-state index contributed by atoms with van der Waals surface area (Å²) in [7, 11) is -3.06. The molecule has 1 aromatic rings. The van der Waals surface area contributed by atoms with Crippen LogP contribution in [0.15, 0.2) is 18.2 Å². The minimum atomic E-state index is -1.88. The summed E-state index contributed by atoms with van der Waals surface area (Å²) in [6.45, 7) is 19.5. The van der Waals surface area contributed by atoms with Crippen LogP contribution >= 0.6 is 0 Å². The van der Waals surface area contributed by atoms with E-state index in [4.69, 9.17) is 4.43 Å². The first-order valence-corrected chi connectivity index (χ1v) is 12.6. The summed E-state index contributed by atoms with van der Waals surface area (Å²) in [5.41, 5.74) is 1.83. The van der Waals surface area contributed by atoms with E-state index in [9.17, 15) is 4.21 Å². The number of nitrogens with zero attached hydrogens (tertiary/aromatic N) is 1. The summed E-state index contributed by atoms with van der Waals surface area (Å²) in [5, 5.41) is 0.140. The fraction of sp³-hybridized carbons (Fsp3) is 0.722. The SMILES string of the molecule is Cc1cccc([C@@H](CO[Si](C)(C)C(C)(C)C)N[S@@](=O)C(C)(C)C)n1. The minimum absolute atomic E-state index is 0.140. The third-order valence-electron chi connectivity index (χ3n) is 4.49. The summed E-state index contributed by atoms with van der Waals surface area (Å²) in [5.74, 6) is 0. The van der Waals surface area contributed by atoms with Crippen molar-refractivity contribution < 1.29 is 8.63 Å². The van der Waals surface area contributed by atoms with Gasteiger partial charge in [0, 0.05) is 5.69 Å². The highest BCUT2D eigenvalue weighted by molar-refractivity contribution is 7.84. The van der Waals surface area contributed by atoms with Crippen molar-refractivity contribution in [2.75, 3.05) is 6.61 Å². The molecule has 2 atom stereocenters. The van der Waals surface area contributed by atoms with Crippen molar-refractivity contribution in [3.05, 3.63) is 29.6 Å². The van der Waals surface area contributed by atoms with Gasteiger partial charge in [0.05, 0.1) is 34.1 Å². The van der Waals surface area contributed by atoms with E-state index in [0.29, 0.717) is 6.61 Å². The lowest BCUT2D eigenvalue weighted by Crippen LogP contribution is -2.44. The summed E-state index contributed by atoms with van der Waals surface area (Å²) in [6, 6.07) is 5.74. The second kappa shape index (κ2) is 7.77. The van der Waals surface area contributed by atoms with Crippen LogP contribution in [0.1, 0.15) is 59.0 Å². The van der Waals surface area contributed by atoms with Crippen molar-refractivity contribution in [2.24, 2.45) is 0 Å². The maximum atomic E-state index is 12.6. The second-order valence-corrected chi connectivity index (χ2v) is 15.6. The third kappa shape index (κ3) is 6.06. The van der Waals surface area contributed by atoms with Gasteiger partial charge in [0.15, 0.2) is 8.32 Å². The zero-order chi connectivity index (χ0) is 18.8. The van der Waals surface area contributed by atoms with Crippen molar-refractivity contribution in [3.63, 3.8) is 0 Å². The van der Waals surface area contributed by atoms with E-state index in [-0.39, 0.29) is 15.8 Å². The molecule has 4 nitrogen and oxygen atoms in total. The molecular formula is C18H34N2O2SSi. The Bertz CT molecular complexity index is 577. The van der Waals surface area contributed by atoms with Crippen molar-refractivity contribution in [1.82, 2.24) is 9.71 Å². The van der Waals surface area contributed by atoms with Crippen molar-refractivity contribution in [2.45, 2.75) is 77.4 Å². The number of aryl methyl sites for hydroxylation is 1. The average Bonchev–Trinajstić information content (AvgIpc) is 2.40. The van der Waals surface area contributed by atoms with Gasteiger partial charge in [0.2, 0.25) is 0 Å². The van der Waals surface area contributed by atoms with E-state index in [1.807, 2.05) is 45.9 Å². The maximum absolute atomic E-state index is 12.6. The lowest BCUT2D eigenvalue weighted by molar-refractivity contribution is 0.255. The fourth-order valence-corrected chi connectivity index (χ4v) is 3.57. The van der Waals surface area contributed by atoms with Gasteiger partial charge < -0.3 is 4.43 Å². The average molecular weight is 371 g/mol. The lowest BCUT2D eigenvalue weighted by atomic mass is 10.2. The maximum Gasteiger partial charge on any atom is 0.192 e. The van der Waals surface area contributed by atoms with Crippen LogP contribution < -0.4 is 4.72 Å². The Morgan fingerprint density at radius 1 is 1.21 bits per heavy atom. The molecule has 6 heteroatoms. The molecule has 0 fully saturated rings. The van der Waals surface area contributed by atoms with Crippen LogP contribution in [-0.4, -0.2) is 28.9 Å². The van der Waals surface area contributed by atoms with Gasteiger partial charge in [0.25, 0.3) is 0 Å².